The van der Waals surface area contributed by atoms with E-state index in [1.54, 1.807) is 0 Å². The molecule has 0 radical (unpaired) electrons. The summed E-state index contributed by atoms with van der Waals surface area (Å²) in [6, 6.07) is 111. The Morgan fingerprint density at radius 1 is 0.252 bits per heavy atom. The second-order valence-corrected chi connectivity index (χ2v) is 31.2. The van der Waals surface area contributed by atoms with Gasteiger partial charge in [0.1, 0.15) is 6.07 Å². The summed E-state index contributed by atoms with van der Waals surface area (Å²) in [6.45, 7) is 24.7. The SMILES string of the molecule is Cc1cc(-c2c(-c3ccc(-n4c5ccccc5c5cc(C(C)(C)C)ccc54)cc3)c(C#N)c(-c3ccc(-n4c5ccccc5c5cc(C(C)(C)C)ccc54)cc3)c(-c3cc(-c4ccccc4)cc(-c4ccccc4)c3)c2-c2ccc(-n3c4ccccc4c4cc(C(C)(C)C)ccc43)cc2)cc(C)n1. The van der Waals surface area contributed by atoms with Crippen LogP contribution < -0.4 is 0 Å². The van der Waals surface area contributed by atoms with Crippen LogP contribution in [0.4, 0.5) is 0 Å². The van der Waals surface area contributed by atoms with Gasteiger partial charge in [0, 0.05) is 71.9 Å². The van der Waals surface area contributed by atoms with Crippen LogP contribution in [0.15, 0.2) is 291 Å². The second-order valence-electron chi connectivity index (χ2n) is 31.2. The summed E-state index contributed by atoms with van der Waals surface area (Å²) in [5.74, 6) is 0. The molecule has 0 N–H and O–H groups in total. The number of aromatic nitrogens is 4. The molecule has 0 bridgehead atoms. The van der Waals surface area contributed by atoms with Crippen LogP contribution in [0.2, 0.25) is 0 Å². The molecule has 17 rings (SSSR count). The minimum atomic E-state index is -0.0315. The molecule has 0 unspecified atom stereocenters. The summed E-state index contributed by atoms with van der Waals surface area (Å²) >= 11 is 0. The van der Waals surface area contributed by atoms with Crippen molar-refractivity contribution in [1.29, 1.82) is 5.26 Å². The third-order valence-corrected chi connectivity index (χ3v) is 21.3. The molecule has 0 aliphatic rings. The molecule has 0 fully saturated rings. The molecule has 13 aromatic carbocycles. The van der Waals surface area contributed by atoms with Gasteiger partial charge < -0.3 is 13.7 Å². The Bertz CT molecular complexity index is 6190. The van der Waals surface area contributed by atoms with Crippen LogP contribution in [-0.2, 0) is 16.2 Å². The number of nitrogens with zero attached hydrogens (tertiary/aromatic N) is 5. The second kappa shape index (κ2) is 24.6. The van der Waals surface area contributed by atoms with Gasteiger partial charge in [-0.25, -0.2) is 0 Å². The molecule has 17 aromatic rings. The molecule has 5 heteroatoms. The molecule has 0 aliphatic carbocycles. The number of aryl methyl sites for hydroxylation is 2. The molecule has 103 heavy (non-hydrogen) atoms. The van der Waals surface area contributed by atoms with Crippen molar-refractivity contribution in [2.24, 2.45) is 0 Å². The fraction of sp³-hybridized carbons (Fsp3) is 0.143. The summed E-state index contributed by atoms with van der Waals surface area (Å²) in [7, 11) is 0. The van der Waals surface area contributed by atoms with Gasteiger partial charge in [-0.1, -0.05) is 232 Å². The van der Waals surface area contributed by atoms with Gasteiger partial charge in [0.05, 0.1) is 38.7 Å². The molecular weight excluding hydrogens is 1250 g/mol. The fourth-order valence-electron chi connectivity index (χ4n) is 16.1. The van der Waals surface area contributed by atoms with E-state index in [4.69, 9.17) is 4.98 Å². The van der Waals surface area contributed by atoms with Crippen molar-refractivity contribution in [1.82, 2.24) is 18.7 Å². The standard InChI is InChI=1S/C98H81N5/c1-61-52-70(53-62(2)100-61)94-91(65-34-43-75(44-35-65)101-85-31-21-18-28-78(85)81-57-72(96(3,4)5)40-49-88(81)101)84(60-99)92(66-36-45-76(46-37-66)102-86-32-22-19-29-79(86)82-58-73(97(6,7)8)41-50-89(82)102)95(71-55-68(63-24-14-12-15-25-63)54-69(56-71)64-26-16-13-17-27-64)93(94)67-38-47-77(48-39-67)103-87-33-23-20-30-80(87)83-59-74(98(9,10)11)42-51-90(83)103/h12-59H,1-11H3. The average molecular weight is 1330 g/mol. The van der Waals surface area contributed by atoms with Crippen molar-refractivity contribution in [3.8, 4) is 101 Å². The lowest BCUT2D eigenvalue weighted by atomic mass is 9.75. The van der Waals surface area contributed by atoms with E-state index in [0.29, 0.717) is 5.56 Å². The predicted molar refractivity (Wildman–Crippen MR) is 436 cm³/mol. The van der Waals surface area contributed by atoms with E-state index < -0.39 is 0 Å². The van der Waals surface area contributed by atoms with E-state index in [-0.39, 0.29) is 16.2 Å². The normalized spacial score (nSPS) is 12.2. The van der Waals surface area contributed by atoms with E-state index in [1.807, 2.05) is 0 Å². The zero-order valence-electron chi connectivity index (χ0n) is 60.4. The lowest BCUT2D eigenvalue weighted by molar-refractivity contribution is 0.591. The lowest BCUT2D eigenvalue weighted by Crippen LogP contribution is -2.10. The highest BCUT2D eigenvalue weighted by Crippen LogP contribution is 2.55. The number of hydrogen-bond donors (Lipinski definition) is 0. The van der Waals surface area contributed by atoms with Gasteiger partial charge in [-0.2, -0.15) is 5.26 Å². The number of pyridine rings is 1. The maximum absolute atomic E-state index is 12.8. The van der Waals surface area contributed by atoms with Gasteiger partial charge in [-0.15, -0.1) is 0 Å². The van der Waals surface area contributed by atoms with Gasteiger partial charge >= 0.3 is 0 Å². The van der Waals surface area contributed by atoms with Crippen LogP contribution in [0.3, 0.4) is 0 Å². The first-order valence-corrected chi connectivity index (χ1v) is 36.1. The summed E-state index contributed by atoms with van der Waals surface area (Å²) in [6.07, 6.45) is 0. The summed E-state index contributed by atoms with van der Waals surface area (Å²) < 4.78 is 7.23. The zero-order chi connectivity index (χ0) is 70.8. The molecule has 5 nitrogen and oxygen atoms in total. The summed E-state index contributed by atoms with van der Waals surface area (Å²) in [5, 5.41) is 20.1. The minimum Gasteiger partial charge on any atom is -0.309 e. The van der Waals surface area contributed by atoms with Crippen molar-refractivity contribution in [2.45, 2.75) is 92.4 Å². The number of rotatable bonds is 10. The molecule has 4 heterocycles. The van der Waals surface area contributed by atoms with Crippen molar-refractivity contribution in [3.63, 3.8) is 0 Å². The smallest absolute Gasteiger partial charge is 0.100 e. The first-order valence-electron chi connectivity index (χ1n) is 36.1. The quantitative estimate of drug-likeness (QED) is 0.137. The monoisotopic (exact) mass is 1330 g/mol. The van der Waals surface area contributed by atoms with Gasteiger partial charge in [0.15, 0.2) is 0 Å². The van der Waals surface area contributed by atoms with Crippen LogP contribution in [0, 0.1) is 25.2 Å². The van der Waals surface area contributed by atoms with Gasteiger partial charge in [0.2, 0.25) is 0 Å². The highest BCUT2D eigenvalue weighted by Gasteiger charge is 2.31. The first kappa shape index (κ1) is 64.3. The van der Waals surface area contributed by atoms with Crippen molar-refractivity contribution in [2.75, 3.05) is 0 Å². The molecule has 0 aliphatic heterocycles. The zero-order valence-corrected chi connectivity index (χ0v) is 60.4. The maximum Gasteiger partial charge on any atom is 0.100 e. The van der Waals surface area contributed by atoms with Crippen molar-refractivity contribution in [3.05, 3.63) is 325 Å². The van der Waals surface area contributed by atoms with E-state index in [9.17, 15) is 5.26 Å². The number of nitriles is 1. The molecule has 0 saturated carbocycles. The van der Waals surface area contributed by atoms with E-state index in [2.05, 4.69) is 387 Å². The summed E-state index contributed by atoms with van der Waals surface area (Å²) in [4.78, 5) is 5.07. The van der Waals surface area contributed by atoms with Crippen LogP contribution in [-0.4, -0.2) is 18.7 Å². The van der Waals surface area contributed by atoms with E-state index in [1.165, 1.54) is 49.0 Å². The van der Waals surface area contributed by atoms with Crippen molar-refractivity contribution >= 4 is 65.4 Å². The fourth-order valence-corrected chi connectivity index (χ4v) is 16.1. The molecule has 498 valence electrons. The molecular formula is C98H81N5. The third-order valence-electron chi connectivity index (χ3n) is 21.3. The number of fused-ring (bicyclic) bond motifs is 9. The Morgan fingerprint density at radius 3 is 0.864 bits per heavy atom. The predicted octanol–water partition coefficient (Wildman–Crippen LogP) is 26.4. The number of hydrogen-bond acceptors (Lipinski definition) is 2. The largest absolute Gasteiger partial charge is 0.309 e. The average Bonchev–Trinajstić information content (AvgIpc) is 1.41. The Labute approximate surface area is 603 Å². The van der Waals surface area contributed by atoms with E-state index >= 15 is 0 Å². The third kappa shape index (κ3) is 11.1. The lowest BCUT2D eigenvalue weighted by Gasteiger charge is -2.27. The van der Waals surface area contributed by atoms with Crippen LogP contribution in [0.1, 0.15) is 96.0 Å². The molecule has 0 spiro atoms. The Kier molecular flexibility index (Phi) is 15.4. The number of para-hydroxylation sites is 3. The van der Waals surface area contributed by atoms with Crippen molar-refractivity contribution < 1.29 is 0 Å². The van der Waals surface area contributed by atoms with Gasteiger partial charge in [-0.05, 0) is 235 Å². The van der Waals surface area contributed by atoms with Crippen LogP contribution in [0.5, 0.6) is 0 Å². The summed E-state index contributed by atoms with van der Waals surface area (Å²) in [5.41, 5.74) is 29.8. The van der Waals surface area contributed by atoms with Crippen LogP contribution in [0.25, 0.3) is 160 Å². The van der Waals surface area contributed by atoms with Gasteiger partial charge in [0.25, 0.3) is 0 Å². The van der Waals surface area contributed by atoms with Gasteiger partial charge in [-0.3, -0.25) is 4.98 Å². The topological polar surface area (TPSA) is 51.5 Å². The molecule has 0 saturated heterocycles. The molecule has 0 atom stereocenters. The Morgan fingerprint density at radius 2 is 0.534 bits per heavy atom. The highest BCUT2D eigenvalue weighted by molar-refractivity contribution is 6.14. The molecule has 4 aromatic heterocycles. The Balaban J connectivity index is 0.994. The minimum absolute atomic E-state index is 0.0282. The highest BCUT2D eigenvalue weighted by atomic mass is 15.0. The van der Waals surface area contributed by atoms with E-state index in [0.717, 1.165) is 139 Å². The first-order chi connectivity index (χ1) is 49.7. The maximum atomic E-state index is 12.8. The molecule has 0 amide bonds. The van der Waals surface area contributed by atoms with Crippen LogP contribution >= 0.6 is 0 Å². The number of benzene rings is 13. The Hall–Kier alpha value is -12.1.